The third-order valence-electron chi connectivity index (χ3n) is 4.23. The van der Waals surface area contributed by atoms with Crippen molar-refractivity contribution in [3.63, 3.8) is 0 Å². The van der Waals surface area contributed by atoms with Crippen LogP contribution in [0.5, 0.6) is 0 Å². The molecule has 2 bridgehead atoms. The van der Waals surface area contributed by atoms with E-state index in [1.807, 2.05) is 18.3 Å². The second-order valence-electron chi connectivity index (χ2n) is 5.86. The summed E-state index contributed by atoms with van der Waals surface area (Å²) in [5, 5.41) is 7.36. The van der Waals surface area contributed by atoms with Crippen molar-refractivity contribution in [3.05, 3.63) is 29.0 Å². The normalized spacial score (nSPS) is 26.0. The smallest absolute Gasteiger partial charge is 0.191 e. The standard InChI is InChI=1S/C16H23ClN4O.HI/c1-2-18-16(21-13-9-12-4-5-14(13)22-12)19-8-7-11-3-6-15(17)20-10-11;/h3,6,10,12-14H,2,4-5,7-9H2,1H3,(H2,18,19,21);1H. The molecular weight excluding hydrogens is 427 g/mol. The van der Waals surface area contributed by atoms with Gasteiger partial charge in [-0.2, -0.15) is 0 Å². The average molecular weight is 451 g/mol. The number of fused-ring (bicyclic) bond motifs is 2. The molecule has 128 valence electrons. The molecule has 3 rings (SSSR count). The second kappa shape index (κ2) is 9.03. The number of ether oxygens (including phenoxy) is 1. The Morgan fingerprint density at radius 2 is 2.30 bits per heavy atom. The van der Waals surface area contributed by atoms with Crippen LogP contribution in [0, 0.1) is 0 Å². The van der Waals surface area contributed by atoms with Crippen LogP contribution in [-0.4, -0.2) is 42.3 Å². The zero-order chi connectivity index (χ0) is 15.4. The van der Waals surface area contributed by atoms with E-state index in [0.717, 1.165) is 43.9 Å². The fraction of sp³-hybridized carbons (Fsp3) is 0.625. The van der Waals surface area contributed by atoms with Crippen LogP contribution in [0.1, 0.15) is 31.7 Å². The number of hydrogen-bond acceptors (Lipinski definition) is 3. The lowest BCUT2D eigenvalue weighted by atomic mass is 9.96. The van der Waals surface area contributed by atoms with Gasteiger partial charge in [0, 0.05) is 19.3 Å². The summed E-state index contributed by atoms with van der Waals surface area (Å²) >= 11 is 5.79. The first-order valence-electron chi connectivity index (χ1n) is 8.05. The minimum Gasteiger partial charge on any atom is -0.373 e. The summed E-state index contributed by atoms with van der Waals surface area (Å²) < 4.78 is 5.88. The molecule has 3 atom stereocenters. The van der Waals surface area contributed by atoms with Crippen molar-refractivity contribution < 1.29 is 4.74 Å². The molecule has 1 aromatic heterocycles. The van der Waals surface area contributed by atoms with Gasteiger partial charge in [0.05, 0.1) is 18.2 Å². The number of nitrogens with zero attached hydrogens (tertiary/aromatic N) is 2. The van der Waals surface area contributed by atoms with Gasteiger partial charge in [0.25, 0.3) is 0 Å². The van der Waals surface area contributed by atoms with E-state index in [4.69, 9.17) is 16.3 Å². The Kier molecular flexibility index (Phi) is 7.36. The van der Waals surface area contributed by atoms with E-state index in [1.54, 1.807) is 0 Å². The maximum atomic E-state index is 5.88. The molecule has 0 saturated carbocycles. The van der Waals surface area contributed by atoms with Crippen LogP contribution >= 0.6 is 35.6 Å². The molecule has 2 fully saturated rings. The molecule has 0 radical (unpaired) electrons. The first kappa shape index (κ1) is 18.7. The van der Waals surface area contributed by atoms with Gasteiger partial charge < -0.3 is 15.4 Å². The Morgan fingerprint density at radius 3 is 2.91 bits per heavy atom. The fourth-order valence-corrected chi connectivity index (χ4v) is 3.25. The number of pyridine rings is 1. The maximum Gasteiger partial charge on any atom is 0.191 e. The Labute approximate surface area is 159 Å². The van der Waals surface area contributed by atoms with Crippen LogP contribution in [0.2, 0.25) is 5.15 Å². The molecule has 2 aliphatic heterocycles. The van der Waals surface area contributed by atoms with E-state index in [9.17, 15) is 0 Å². The lowest BCUT2D eigenvalue weighted by molar-refractivity contribution is 0.0992. The Hall–Kier alpha value is -0.600. The number of rotatable bonds is 5. The van der Waals surface area contributed by atoms with Gasteiger partial charge in [0.2, 0.25) is 0 Å². The van der Waals surface area contributed by atoms with E-state index in [1.165, 1.54) is 6.42 Å². The zero-order valence-electron chi connectivity index (χ0n) is 13.3. The van der Waals surface area contributed by atoms with Gasteiger partial charge in [-0.25, -0.2) is 4.98 Å². The molecule has 0 amide bonds. The second-order valence-corrected chi connectivity index (χ2v) is 6.25. The molecule has 3 unspecified atom stereocenters. The molecule has 0 aliphatic carbocycles. The lowest BCUT2D eigenvalue weighted by Gasteiger charge is -2.22. The van der Waals surface area contributed by atoms with Gasteiger partial charge in [0.1, 0.15) is 5.15 Å². The number of aromatic nitrogens is 1. The molecule has 3 heterocycles. The topological polar surface area (TPSA) is 58.5 Å². The largest absolute Gasteiger partial charge is 0.373 e. The van der Waals surface area contributed by atoms with Crippen molar-refractivity contribution in [2.75, 3.05) is 13.1 Å². The van der Waals surface area contributed by atoms with Crippen molar-refractivity contribution in [2.45, 2.75) is 50.9 Å². The Morgan fingerprint density at radius 1 is 1.43 bits per heavy atom. The molecule has 2 N–H and O–H groups in total. The molecule has 2 aliphatic rings. The molecular formula is C16H24ClIN4O. The van der Waals surface area contributed by atoms with Crippen molar-refractivity contribution >= 4 is 41.5 Å². The molecule has 23 heavy (non-hydrogen) atoms. The van der Waals surface area contributed by atoms with Crippen LogP contribution in [0.3, 0.4) is 0 Å². The number of guanidine groups is 1. The highest BCUT2D eigenvalue weighted by Crippen LogP contribution is 2.34. The Bertz CT molecular complexity index is 525. The molecule has 7 heteroatoms. The van der Waals surface area contributed by atoms with Crippen LogP contribution in [0.25, 0.3) is 0 Å². The highest BCUT2D eigenvalue weighted by Gasteiger charge is 2.41. The van der Waals surface area contributed by atoms with Gasteiger partial charge in [-0.1, -0.05) is 17.7 Å². The highest BCUT2D eigenvalue weighted by molar-refractivity contribution is 14.0. The lowest BCUT2D eigenvalue weighted by Crippen LogP contribution is -2.47. The third-order valence-corrected chi connectivity index (χ3v) is 4.45. The number of halogens is 2. The van der Waals surface area contributed by atoms with E-state index in [2.05, 4.69) is 27.5 Å². The summed E-state index contributed by atoms with van der Waals surface area (Å²) in [6, 6.07) is 4.21. The number of hydrogen-bond donors (Lipinski definition) is 2. The van der Waals surface area contributed by atoms with E-state index in [0.29, 0.717) is 23.4 Å². The van der Waals surface area contributed by atoms with Crippen LogP contribution in [-0.2, 0) is 11.2 Å². The van der Waals surface area contributed by atoms with Crippen molar-refractivity contribution in [1.29, 1.82) is 0 Å². The highest BCUT2D eigenvalue weighted by atomic mass is 127. The monoisotopic (exact) mass is 450 g/mol. The van der Waals surface area contributed by atoms with Crippen LogP contribution in [0.4, 0.5) is 0 Å². The van der Waals surface area contributed by atoms with Gasteiger partial charge in [-0.15, -0.1) is 24.0 Å². The fourth-order valence-electron chi connectivity index (χ4n) is 3.14. The summed E-state index contributed by atoms with van der Waals surface area (Å²) in [5.41, 5.74) is 1.15. The summed E-state index contributed by atoms with van der Waals surface area (Å²) in [7, 11) is 0. The molecule has 5 nitrogen and oxygen atoms in total. The predicted octanol–water partition coefficient (Wildman–Crippen LogP) is 2.77. The van der Waals surface area contributed by atoms with Gasteiger partial charge in [0.15, 0.2) is 5.96 Å². The minimum absolute atomic E-state index is 0. The summed E-state index contributed by atoms with van der Waals surface area (Å²) in [6.45, 7) is 3.66. The van der Waals surface area contributed by atoms with Gasteiger partial charge >= 0.3 is 0 Å². The third kappa shape index (κ3) is 5.19. The first-order chi connectivity index (χ1) is 10.7. The predicted molar refractivity (Wildman–Crippen MR) is 104 cm³/mol. The molecule has 0 spiro atoms. The van der Waals surface area contributed by atoms with E-state index in [-0.39, 0.29) is 24.0 Å². The quantitative estimate of drug-likeness (QED) is 0.313. The zero-order valence-corrected chi connectivity index (χ0v) is 16.4. The molecule has 2 saturated heterocycles. The molecule has 1 aromatic rings. The van der Waals surface area contributed by atoms with Crippen molar-refractivity contribution in [1.82, 2.24) is 15.6 Å². The van der Waals surface area contributed by atoms with Gasteiger partial charge in [-0.3, -0.25) is 4.99 Å². The van der Waals surface area contributed by atoms with Crippen LogP contribution < -0.4 is 10.6 Å². The number of aliphatic imine (C=N–C) groups is 1. The van der Waals surface area contributed by atoms with Crippen molar-refractivity contribution in [2.24, 2.45) is 4.99 Å². The SMILES string of the molecule is CCNC(=NCCc1ccc(Cl)nc1)NC1CC2CCC1O2.I. The van der Waals surface area contributed by atoms with E-state index >= 15 is 0 Å². The first-order valence-corrected chi connectivity index (χ1v) is 8.43. The maximum absolute atomic E-state index is 5.88. The summed E-state index contributed by atoms with van der Waals surface area (Å²) in [6.07, 6.45) is 6.93. The number of nitrogens with one attached hydrogen (secondary N) is 2. The minimum atomic E-state index is 0. The summed E-state index contributed by atoms with van der Waals surface area (Å²) in [5.74, 6) is 0.880. The molecule has 0 aromatic carbocycles. The van der Waals surface area contributed by atoms with Gasteiger partial charge in [-0.05, 0) is 44.2 Å². The Balaban J connectivity index is 0.00000192. The summed E-state index contributed by atoms with van der Waals surface area (Å²) in [4.78, 5) is 8.75. The van der Waals surface area contributed by atoms with E-state index < -0.39 is 0 Å². The van der Waals surface area contributed by atoms with Crippen molar-refractivity contribution in [3.8, 4) is 0 Å². The average Bonchev–Trinajstić information content (AvgIpc) is 3.12. The van der Waals surface area contributed by atoms with Crippen LogP contribution in [0.15, 0.2) is 23.3 Å².